The van der Waals surface area contributed by atoms with Gasteiger partial charge in [0.1, 0.15) is 16.8 Å². The van der Waals surface area contributed by atoms with E-state index in [1.54, 1.807) is 55.0 Å². The predicted molar refractivity (Wildman–Crippen MR) is 123 cm³/mol. The summed E-state index contributed by atoms with van der Waals surface area (Å²) in [7, 11) is 0. The molecule has 0 radical (unpaired) electrons. The van der Waals surface area contributed by atoms with Crippen LogP contribution in [0.2, 0.25) is 5.02 Å². The number of hydrogen-bond acceptors (Lipinski definition) is 4. The molecule has 1 amide bonds. The van der Waals surface area contributed by atoms with Crippen LogP contribution in [0.4, 0.5) is 5.69 Å². The van der Waals surface area contributed by atoms with Gasteiger partial charge in [-0.2, -0.15) is 4.80 Å². The zero-order valence-electron chi connectivity index (χ0n) is 17.8. The number of carbonyl (C=O) groups excluding carboxylic acids is 1. The second-order valence-electron chi connectivity index (χ2n) is 7.98. The first-order valence-electron chi connectivity index (χ1n) is 9.92. The van der Waals surface area contributed by atoms with E-state index in [9.17, 15) is 4.79 Å². The standard InChI is InChI=1S/C24H23ClN4O2/c1-15-5-9-19(13-16(15)2)29-27-21-12-8-18(14-22(21)28-29)26-23(30)24(3,4)31-20-10-6-17(25)7-11-20/h5-14H,1-4H3,(H,26,30). The molecule has 0 bridgehead atoms. The van der Waals surface area contributed by atoms with E-state index in [0.717, 1.165) is 11.2 Å². The van der Waals surface area contributed by atoms with Crippen LogP contribution in [0.5, 0.6) is 5.75 Å². The highest BCUT2D eigenvalue weighted by molar-refractivity contribution is 6.30. The van der Waals surface area contributed by atoms with Crippen molar-refractivity contribution in [3.05, 3.63) is 76.8 Å². The molecule has 1 aromatic heterocycles. The predicted octanol–water partition coefficient (Wildman–Crippen LogP) is 5.49. The van der Waals surface area contributed by atoms with Gasteiger partial charge in [0.15, 0.2) is 5.60 Å². The first-order chi connectivity index (χ1) is 14.7. The summed E-state index contributed by atoms with van der Waals surface area (Å²) in [5.74, 6) is 0.291. The quantitative estimate of drug-likeness (QED) is 0.451. The molecule has 3 aromatic carbocycles. The summed E-state index contributed by atoms with van der Waals surface area (Å²) in [6, 6.07) is 18.4. The molecule has 4 aromatic rings. The van der Waals surface area contributed by atoms with Crippen LogP contribution in [-0.2, 0) is 4.79 Å². The Morgan fingerprint density at radius 1 is 0.935 bits per heavy atom. The molecule has 31 heavy (non-hydrogen) atoms. The lowest BCUT2D eigenvalue weighted by Gasteiger charge is -2.25. The van der Waals surface area contributed by atoms with E-state index in [0.29, 0.717) is 22.0 Å². The zero-order chi connectivity index (χ0) is 22.2. The van der Waals surface area contributed by atoms with Crippen molar-refractivity contribution < 1.29 is 9.53 Å². The number of hydrogen-bond donors (Lipinski definition) is 1. The van der Waals surface area contributed by atoms with Crippen LogP contribution in [0, 0.1) is 13.8 Å². The summed E-state index contributed by atoms with van der Waals surface area (Å²) in [5.41, 5.74) is 4.25. The fourth-order valence-corrected chi connectivity index (χ4v) is 3.21. The summed E-state index contributed by atoms with van der Waals surface area (Å²) in [6.07, 6.45) is 0. The van der Waals surface area contributed by atoms with Crippen molar-refractivity contribution in [1.82, 2.24) is 15.0 Å². The van der Waals surface area contributed by atoms with Gasteiger partial charge in [-0.3, -0.25) is 4.79 Å². The van der Waals surface area contributed by atoms with Crippen LogP contribution < -0.4 is 10.1 Å². The van der Waals surface area contributed by atoms with Gasteiger partial charge in [0.25, 0.3) is 5.91 Å². The Labute approximate surface area is 185 Å². The summed E-state index contributed by atoms with van der Waals surface area (Å²) < 4.78 is 5.86. The Balaban J connectivity index is 1.53. The number of fused-ring (bicyclic) bond motifs is 1. The number of rotatable bonds is 5. The Morgan fingerprint density at radius 3 is 2.35 bits per heavy atom. The molecular weight excluding hydrogens is 412 g/mol. The van der Waals surface area contributed by atoms with Gasteiger partial charge >= 0.3 is 0 Å². The fourth-order valence-electron chi connectivity index (χ4n) is 3.08. The molecule has 0 unspecified atom stereocenters. The largest absolute Gasteiger partial charge is 0.478 e. The number of nitrogens with one attached hydrogen (secondary N) is 1. The molecular formula is C24H23ClN4O2. The minimum Gasteiger partial charge on any atom is -0.478 e. The van der Waals surface area contributed by atoms with Gasteiger partial charge in [0.05, 0.1) is 5.69 Å². The number of ether oxygens (including phenoxy) is 1. The molecule has 0 saturated carbocycles. The second-order valence-corrected chi connectivity index (χ2v) is 8.42. The van der Waals surface area contributed by atoms with Gasteiger partial charge in [-0.15, -0.1) is 10.2 Å². The van der Waals surface area contributed by atoms with E-state index >= 15 is 0 Å². The molecule has 4 rings (SSSR count). The summed E-state index contributed by atoms with van der Waals surface area (Å²) in [5, 5.41) is 12.6. The van der Waals surface area contributed by atoms with E-state index in [1.165, 1.54) is 11.1 Å². The van der Waals surface area contributed by atoms with Crippen molar-refractivity contribution in [1.29, 1.82) is 0 Å². The van der Waals surface area contributed by atoms with Crippen LogP contribution in [0.3, 0.4) is 0 Å². The number of carbonyl (C=O) groups is 1. The van der Waals surface area contributed by atoms with Crippen molar-refractivity contribution in [3.63, 3.8) is 0 Å². The maximum absolute atomic E-state index is 12.8. The average molecular weight is 435 g/mol. The highest BCUT2D eigenvalue weighted by Crippen LogP contribution is 2.23. The number of aryl methyl sites for hydroxylation is 2. The molecule has 1 N–H and O–H groups in total. The third kappa shape index (κ3) is 4.54. The molecule has 1 heterocycles. The topological polar surface area (TPSA) is 69.0 Å². The van der Waals surface area contributed by atoms with Gasteiger partial charge in [0, 0.05) is 10.7 Å². The molecule has 6 nitrogen and oxygen atoms in total. The first-order valence-corrected chi connectivity index (χ1v) is 10.3. The van der Waals surface area contributed by atoms with E-state index in [2.05, 4.69) is 29.4 Å². The van der Waals surface area contributed by atoms with Crippen LogP contribution >= 0.6 is 11.6 Å². The number of anilines is 1. The second kappa shape index (κ2) is 8.04. The normalized spacial score (nSPS) is 11.5. The van der Waals surface area contributed by atoms with Crippen LogP contribution in [0.25, 0.3) is 16.7 Å². The van der Waals surface area contributed by atoms with Crippen molar-refractivity contribution in [2.45, 2.75) is 33.3 Å². The van der Waals surface area contributed by atoms with Crippen molar-refractivity contribution in [3.8, 4) is 11.4 Å². The summed E-state index contributed by atoms with van der Waals surface area (Å²) in [6.45, 7) is 7.56. The Bertz CT molecular complexity index is 1260. The summed E-state index contributed by atoms with van der Waals surface area (Å²) in [4.78, 5) is 14.4. The smallest absolute Gasteiger partial charge is 0.267 e. The lowest BCUT2D eigenvalue weighted by molar-refractivity contribution is -0.128. The molecule has 7 heteroatoms. The molecule has 0 spiro atoms. The number of aromatic nitrogens is 3. The Kier molecular flexibility index (Phi) is 5.41. The average Bonchev–Trinajstić information content (AvgIpc) is 3.15. The number of nitrogens with zero attached hydrogens (tertiary/aromatic N) is 3. The minimum absolute atomic E-state index is 0.275. The lowest BCUT2D eigenvalue weighted by atomic mass is 10.1. The fraction of sp³-hybridized carbons (Fsp3) is 0.208. The molecule has 0 aliphatic carbocycles. The SMILES string of the molecule is Cc1ccc(-n2nc3ccc(NC(=O)C(C)(C)Oc4ccc(Cl)cc4)cc3n2)cc1C. The maximum Gasteiger partial charge on any atom is 0.267 e. The Morgan fingerprint density at radius 2 is 1.65 bits per heavy atom. The van der Waals surface area contributed by atoms with Gasteiger partial charge in [-0.05, 0) is 93.4 Å². The molecule has 158 valence electrons. The summed E-state index contributed by atoms with van der Waals surface area (Å²) >= 11 is 5.91. The van der Waals surface area contributed by atoms with Gasteiger partial charge in [0.2, 0.25) is 0 Å². The Hall–Kier alpha value is -3.38. The van der Waals surface area contributed by atoms with Crippen molar-refractivity contribution in [2.24, 2.45) is 0 Å². The minimum atomic E-state index is -1.08. The number of benzene rings is 3. The number of halogens is 1. The van der Waals surface area contributed by atoms with Crippen LogP contribution in [0.15, 0.2) is 60.7 Å². The van der Waals surface area contributed by atoms with Gasteiger partial charge < -0.3 is 10.1 Å². The third-order valence-corrected chi connectivity index (χ3v) is 5.35. The van der Waals surface area contributed by atoms with E-state index < -0.39 is 5.60 Å². The van der Waals surface area contributed by atoms with Crippen LogP contribution in [0.1, 0.15) is 25.0 Å². The zero-order valence-corrected chi connectivity index (χ0v) is 18.6. The van der Waals surface area contributed by atoms with E-state index in [4.69, 9.17) is 16.3 Å². The monoisotopic (exact) mass is 434 g/mol. The van der Waals surface area contributed by atoms with Crippen molar-refractivity contribution >= 4 is 34.2 Å². The van der Waals surface area contributed by atoms with E-state index in [-0.39, 0.29) is 5.91 Å². The molecule has 0 saturated heterocycles. The maximum atomic E-state index is 12.8. The lowest BCUT2D eigenvalue weighted by Crippen LogP contribution is -2.42. The van der Waals surface area contributed by atoms with Gasteiger partial charge in [-0.25, -0.2) is 0 Å². The van der Waals surface area contributed by atoms with E-state index in [1.807, 2.05) is 24.3 Å². The first kappa shape index (κ1) is 20.9. The molecule has 0 fully saturated rings. The molecule has 0 atom stereocenters. The highest BCUT2D eigenvalue weighted by Gasteiger charge is 2.30. The number of amides is 1. The molecule has 0 aliphatic rings. The molecule has 0 aliphatic heterocycles. The van der Waals surface area contributed by atoms with Gasteiger partial charge in [-0.1, -0.05) is 17.7 Å². The highest BCUT2D eigenvalue weighted by atomic mass is 35.5. The third-order valence-electron chi connectivity index (χ3n) is 5.09. The van der Waals surface area contributed by atoms with Crippen molar-refractivity contribution in [2.75, 3.05) is 5.32 Å². The van der Waals surface area contributed by atoms with Crippen LogP contribution in [-0.4, -0.2) is 26.5 Å².